The van der Waals surface area contributed by atoms with E-state index in [1.54, 1.807) is 0 Å². The minimum Gasteiger partial charge on any atom is -0.271 e. The maximum absolute atomic E-state index is 10.9. The SMILES string of the molecule is CCCC(C)C(CCCS(C)(=O)=O)NN. The normalized spacial score (nSPS) is 16.3. The summed E-state index contributed by atoms with van der Waals surface area (Å²) in [4.78, 5) is 0. The van der Waals surface area contributed by atoms with Crippen molar-refractivity contribution < 1.29 is 8.42 Å². The Morgan fingerprint density at radius 2 is 1.93 bits per heavy atom. The molecule has 0 aromatic rings. The third-order valence-electron chi connectivity index (χ3n) is 2.68. The van der Waals surface area contributed by atoms with Gasteiger partial charge in [-0.05, 0) is 25.2 Å². The smallest absolute Gasteiger partial charge is 0.147 e. The van der Waals surface area contributed by atoms with E-state index in [-0.39, 0.29) is 11.8 Å². The zero-order chi connectivity index (χ0) is 11.9. The van der Waals surface area contributed by atoms with Crippen LogP contribution in [0.15, 0.2) is 0 Å². The Morgan fingerprint density at radius 3 is 2.33 bits per heavy atom. The molecule has 5 heteroatoms. The average Bonchev–Trinajstić information content (AvgIpc) is 2.11. The first-order valence-electron chi connectivity index (χ1n) is 5.54. The summed E-state index contributed by atoms with van der Waals surface area (Å²) in [6, 6.07) is 0.228. The zero-order valence-electron chi connectivity index (χ0n) is 9.99. The average molecular weight is 236 g/mol. The molecule has 0 aromatic carbocycles. The van der Waals surface area contributed by atoms with Crippen molar-refractivity contribution in [3.63, 3.8) is 0 Å². The van der Waals surface area contributed by atoms with E-state index >= 15 is 0 Å². The van der Waals surface area contributed by atoms with Crippen LogP contribution in [0.2, 0.25) is 0 Å². The van der Waals surface area contributed by atoms with Crippen LogP contribution in [0.25, 0.3) is 0 Å². The van der Waals surface area contributed by atoms with Gasteiger partial charge in [-0.25, -0.2) is 8.42 Å². The van der Waals surface area contributed by atoms with Gasteiger partial charge in [0.1, 0.15) is 9.84 Å². The standard InChI is InChI=1S/C10H24N2O2S/c1-4-6-9(2)10(12-11)7-5-8-15(3,13)14/h9-10,12H,4-8,11H2,1-3H3. The molecule has 4 nitrogen and oxygen atoms in total. The first kappa shape index (κ1) is 14.9. The molecule has 0 heterocycles. The predicted octanol–water partition coefficient (Wildman–Crippen LogP) is 1.08. The van der Waals surface area contributed by atoms with E-state index in [1.165, 1.54) is 6.26 Å². The Morgan fingerprint density at radius 1 is 1.33 bits per heavy atom. The predicted molar refractivity (Wildman–Crippen MR) is 64.1 cm³/mol. The summed E-state index contributed by atoms with van der Waals surface area (Å²) in [5.74, 6) is 6.21. The van der Waals surface area contributed by atoms with Crippen LogP contribution in [-0.4, -0.2) is 26.5 Å². The fraction of sp³-hybridized carbons (Fsp3) is 1.00. The van der Waals surface area contributed by atoms with Gasteiger partial charge >= 0.3 is 0 Å². The number of nitrogens with one attached hydrogen (secondary N) is 1. The van der Waals surface area contributed by atoms with E-state index in [1.807, 2.05) is 0 Å². The summed E-state index contributed by atoms with van der Waals surface area (Å²) < 4.78 is 21.9. The molecule has 0 aliphatic heterocycles. The van der Waals surface area contributed by atoms with Crippen molar-refractivity contribution in [2.24, 2.45) is 11.8 Å². The molecular formula is C10H24N2O2S. The molecule has 0 saturated heterocycles. The molecule has 0 fully saturated rings. The van der Waals surface area contributed by atoms with Gasteiger partial charge < -0.3 is 0 Å². The monoisotopic (exact) mass is 236 g/mol. The Balaban J connectivity index is 3.90. The molecule has 0 rings (SSSR count). The van der Waals surface area contributed by atoms with E-state index in [9.17, 15) is 8.42 Å². The topological polar surface area (TPSA) is 72.2 Å². The summed E-state index contributed by atoms with van der Waals surface area (Å²) in [5, 5.41) is 0. The number of sulfone groups is 1. The van der Waals surface area contributed by atoms with Crippen LogP contribution in [0.1, 0.15) is 39.5 Å². The van der Waals surface area contributed by atoms with Gasteiger partial charge in [0.2, 0.25) is 0 Å². The molecule has 2 unspecified atom stereocenters. The molecule has 0 spiro atoms. The maximum atomic E-state index is 10.9. The molecule has 0 saturated carbocycles. The summed E-state index contributed by atoms with van der Waals surface area (Å²) in [6.45, 7) is 4.29. The molecule has 0 bridgehead atoms. The van der Waals surface area contributed by atoms with Crippen molar-refractivity contribution in [3.8, 4) is 0 Å². The highest BCUT2D eigenvalue weighted by molar-refractivity contribution is 7.90. The molecule has 3 N–H and O–H groups in total. The lowest BCUT2D eigenvalue weighted by atomic mass is 9.94. The van der Waals surface area contributed by atoms with Crippen LogP contribution in [0.3, 0.4) is 0 Å². The van der Waals surface area contributed by atoms with Crippen molar-refractivity contribution in [2.45, 2.75) is 45.6 Å². The van der Waals surface area contributed by atoms with Gasteiger partial charge in [0.15, 0.2) is 0 Å². The van der Waals surface area contributed by atoms with E-state index in [2.05, 4.69) is 19.3 Å². The van der Waals surface area contributed by atoms with E-state index < -0.39 is 9.84 Å². The van der Waals surface area contributed by atoms with E-state index in [0.29, 0.717) is 12.3 Å². The Bertz CT molecular complexity index is 252. The van der Waals surface area contributed by atoms with Gasteiger partial charge in [0, 0.05) is 18.1 Å². The van der Waals surface area contributed by atoms with Crippen LogP contribution in [0.4, 0.5) is 0 Å². The van der Waals surface area contributed by atoms with Crippen LogP contribution in [0.5, 0.6) is 0 Å². The minimum absolute atomic E-state index is 0.228. The highest BCUT2D eigenvalue weighted by atomic mass is 32.2. The van der Waals surface area contributed by atoms with Gasteiger partial charge in [-0.15, -0.1) is 0 Å². The lowest BCUT2D eigenvalue weighted by Crippen LogP contribution is -2.40. The van der Waals surface area contributed by atoms with Crippen LogP contribution >= 0.6 is 0 Å². The van der Waals surface area contributed by atoms with Crippen LogP contribution in [0, 0.1) is 5.92 Å². The highest BCUT2D eigenvalue weighted by Gasteiger charge is 2.15. The van der Waals surface area contributed by atoms with Gasteiger partial charge in [-0.1, -0.05) is 20.3 Å². The second kappa shape index (κ2) is 7.19. The molecule has 0 aromatic heterocycles. The van der Waals surface area contributed by atoms with Gasteiger partial charge in [0.05, 0.1) is 0 Å². The summed E-state index contributed by atoms with van der Waals surface area (Å²) in [5.41, 5.74) is 2.78. The third kappa shape index (κ3) is 7.76. The number of rotatable bonds is 8. The van der Waals surface area contributed by atoms with Crippen molar-refractivity contribution >= 4 is 9.84 Å². The Kier molecular flexibility index (Phi) is 7.13. The molecule has 0 radical (unpaired) electrons. The number of nitrogens with two attached hydrogens (primary N) is 1. The second-order valence-electron chi connectivity index (χ2n) is 4.31. The lowest BCUT2D eigenvalue weighted by molar-refractivity contribution is 0.339. The van der Waals surface area contributed by atoms with Gasteiger partial charge in [-0.2, -0.15) is 0 Å². The van der Waals surface area contributed by atoms with E-state index in [0.717, 1.165) is 19.3 Å². The van der Waals surface area contributed by atoms with Crippen molar-refractivity contribution in [1.29, 1.82) is 0 Å². The largest absolute Gasteiger partial charge is 0.271 e. The van der Waals surface area contributed by atoms with Gasteiger partial charge in [0.25, 0.3) is 0 Å². The molecule has 0 amide bonds. The van der Waals surface area contributed by atoms with Crippen LogP contribution in [-0.2, 0) is 9.84 Å². The summed E-state index contributed by atoms with van der Waals surface area (Å²) in [6.07, 6.45) is 5.03. The van der Waals surface area contributed by atoms with Crippen LogP contribution < -0.4 is 11.3 Å². The fourth-order valence-electron chi connectivity index (χ4n) is 1.75. The third-order valence-corrected chi connectivity index (χ3v) is 3.71. The number of hydrogen-bond acceptors (Lipinski definition) is 4. The molecule has 15 heavy (non-hydrogen) atoms. The Hall–Kier alpha value is -0.130. The summed E-state index contributed by atoms with van der Waals surface area (Å²) >= 11 is 0. The number of hydrogen-bond donors (Lipinski definition) is 2. The lowest BCUT2D eigenvalue weighted by Gasteiger charge is -2.22. The zero-order valence-corrected chi connectivity index (χ0v) is 10.8. The second-order valence-corrected chi connectivity index (χ2v) is 6.57. The molecule has 92 valence electrons. The molecule has 2 atom stereocenters. The van der Waals surface area contributed by atoms with Crippen molar-refractivity contribution in [1.82, 2.24) is 5.43 Å². The van der Waals surface area contributed by atoms with Crippen molar-refractivity contribution in [3.05, 3.63) is 0 Å². The molecule has 0 aliphatic rings. The maximum Gasteiger partial charge on any atom is 0.147 e. The van der Waals surface area contributed by atoms with Crippen molar-refractivity contribution in [2.75, 3.05) is 12.0 Å². The van der Waals surface area contributed by atoms with Gasteiger partial charge in [-0.3, -0.25) is 11.3 Å². The molecular weight excluding hydrogens is 212 g/mol. The quantitative estimate of drug-likeness (QED) is 0.488. The fourth-order valence-corrected chi connectivity index (χ4v) is 2.45. The number of hydrazine groups is 1. The first-order chi connectivity index (χ1) is 6.90. The van der Waals surface area contributed by atoms with E-state index in [4.69, 9.17) is 5.84 Å². The Labute approximate surface area is 93.5 Å². The highest BCUT2D eigenvalue weighted by Crippen LogP contribution is 2.14. The minimum atomic E-state index is -2.83. The molecule has 0 aliphatic carbocycles. The first-order valence-corrected chi connectivity index (χ1v) is 7.60. The summed E-state index contributed by atoms with van der Waals surface area (Å²) in [7, 11) is -2.83.